The van der Waals surface area contributed by atoms with Crippen molar-refractivity contribution in [2.75, 3.05) is 23.9 Å². The van der Waals surface area contributed by atoms with Crippen LogP contribution >= 0.6 is 0 Å². The molecule has 0 bridgehead atoms. The monoisotopic (exact) mass is 339 g/mol. The van der Waals surface area contributed by atoms with Gasteiger partial charge in [-0.2, -0.15) is 0 Å². The van der Waals surface area contributed by atoms with Gasteiger partial charge in [0.25, 0.3) is 0 Å². The van der Waals surface area contributed by atoms with Gasteiger partial charge in [-0.1, -0.05) is 0 Å². The van der Waals surface area contributed by atoms with Crippen LogP contribution in [0.25, 0.3) is 0 Å². The summed E-state index contributed by atoms with van der Waals surface area (Å²) in [6.07, 6.45) is 4.22. The van der Waals surface area contributed by atoms with Crippen molar-refractivity contribution >= 4 is 23.2 Å². The summed E-state index contributed by atoms with van der Waals surface area (Å²) in [6, 6.07) is 3.93. The summed E-state index contributed by atoms with van der Waals surface area (Å²) in [5.41, 5.74) is 3.40. The van der Waals surface area contributed by atoms with Crippen LogP contribution in [0.2, 0.25) is 0 Å². The van der Waals surface area contributed by atoms with Gasteiger partial charge >= 0.3 is 0 Å². The number of aryl methyl sites for hydroxylation is 1. The molecular formula is C18H21N5O2. The molecule has 2 aromatic rings. The minimum absolute atomic E-state index is 0.126. The number of nitrogens with one attached hydrogen (secondary N) is 1. The number of carbonyl (C=O) groups excluding carboxylic acids is 1. The SMILES string of the molecule is COCc1nc(C)cc(N2CC3(CC3)c3cnc(NC(C)=O)cc32)n1. The molecule has 1 fully saturated rings. The highest BCUT2D eigenvalue weighted by Crippen LogP contribution is 2.57. The van der Waals surface area contributed by atoms with E-state index in [4.69, 9.17) is 4.74 Å². The normalized spacial score (nSPS) is 16.8. The molecule has 0 saturated heterocycles. The Balaban J connectivity index is 1.77. The van der Waals surface area contributed by atoms with Gasteiger partial charge in [-0.25, -0.2) is 15.0 Å². The van der Waals surface area contributed by atoms with Crippen LogP contribution in [0.4, 0.5) is 17.3 Å². The summed E-state index contributed by atoms with van der Waals surface area (Å²) in [5, 5.41) is 2.77. The zero-order valence-electron chi connectivity index (χ0n) is 14.7. The summed E-state index contributed by atoms with van der Waals surface area (Å²) in [7, 11) is 1.64. The molecule has 1 aliphatic heterocycles. The first-order valence-electron chi connectivity index (χ1n) is 8.40. The lowest BCUT2D eigenvalue weighted by molar-refractivity contribution is -0.114. The number of rotatable bonds is 4. The average molecular weight is 339 g/mol. The Morgan fingerprint density at radius 1 is 1.36 bits per heavy atom. The second-order valence-electron chi connectivity index (χ2n) is 6.85. The van der Waals surface area contributed by atoms with Gasteiger partial charge in [0.05, 0.1) is 5.69 Å². The van der Waals surface area contributed by atoms with Crippen LogP contribution in [0.15, 0.2) is 18.3 Å². The molecular weight excluding hydrogens is 318 g/mol. The molecule has 1 N–H and O–H groups in total. The molecule has 1 amide bonds. The lowest BCUT2D eigenvalue weighted by atomic mass is 10.0. The van der Waals surface area contributed by atoms with E-state index in [-0.39, 0.29) is 11.3 Å². The molecule has 2 aliphatic rings. The van der Waals surface area contributed by atoms with Gasteiger partial charge in [0.1, 0.15) is 18.2 Å². The molecule has 0 atom stereocenters. The summed E-state index contributed by atoms with van der Waals surface area (Å²) in [4.78, 5) is 27.1. The Kier molecular flexibility index (Phi) is 3.68. The van der Waals surface area contributed by atoms with Gasteiger partial charge in [-0.3, -0.25) is 4.79 Å². The lowest BCUT2D eigenvalue weighted by Crippen LogP contribution is -2.21. The third-order valence-electron chi connectivity index (χ3n) is 4.80. The molecule has 1 aliphatic carbocycles. The van der Waals surface area contributed by atoms with Crippen molar-refractivity contribution in [3.8, 4) is 0 Å². The van der Waals surface area contributed by atoms with Crippen LogP contribution in [-0.2, 0) is 21.6 Å². The number of aromatic nitrogens is 3. The Hall–Kier alpha value is -2.54. The van der Waals surface area contributed by atoms with Crippen LogP contribution < -0.4 is 10.2 Å². The van der Waals surface area contributed by atoms with E-state index in [0.29, 0.717) is 18.2 Å². The van der Waals surface area contributed by atoms with Crippen molar-refractivity contribution in [1.82, 2.24) is 15.0 Å². The highest BCUT2D eigenvalue weighted by Gasteiger charge is 2.52. The third-order valence-corrected chi connectivity index (χ3v) is 4.80. The number of amides is 1. The molecule has 3 heterocycles. The molecule has 130 valence electrons. The van der Waals surface area contributed by atoms with Gasteiger partial charge < -0.3 is 15.0 Å². The number of hydrogen-bond donors (Lipinski definition) is 1. The maximum absolute atomic E-state index is 11.4. The fraction of sp³-hybridized carbons (Fsp3) is 0.444. The predicted molar refractivity (Wildman–Crippen MR) is 93.9 cm³/mol. The number of ether oxygens (including phenoxy) is 1. The van der Waals surface area contributed by atoms with E-state index in [1.807, 2.05) is 25.3 Å². The first kappa shape index (κ1) is 16.0. The molecule has 0 unspecified atom stereocenters. The second-order valence-corrected chi connectivity index (χ2v) is 6.85. The molecule has 0 aromatic carbocycles. The molecule has 7 heteroatoms. The summed E-state index contributed by atoms with van der Waals surface area (Å²) >= 11 is 0. The minimum atomic E-state index is -0.126. The van der Waals surface area contributed by atoms with Crippen molar-refractivity contribution < 1.29 is 9.53 Å². The van der Waals surface area contributed by atoms with E-state index >= 15 is 0 Å². The van der Waals surface area contributed by atoms with Crippen molar-refractivity contribution in [1.29, 1.82) is 0 Å². The number of carbonyl (C=O) groups is 1. The van der Waals surface area contributed by atoms with Gasteiger partial charge in [0.2, 0.25) is 5.91 Å². The highest BCUT2D eigenvalue weighted by atomic mass is 16.5. The molecule has 0 radical (unpaired) electrons. The molecule has 1 saturated carbocycles. The molecule has 2 aromatic heterocycles. The first-order valence-corrected chi connectivity index (χ1v) is 8.40. The third kappa shape index (κ3) is 2.84. The van der Waals surface area contributed by atoms with Crippen molar-refractivity contribution in [3.63, 3.8) is 0 Å². The number of nitrogens with zero attached hydrogens (tertiary/aromatic N) is 4. The first-order chi connectivity index (χ1) is 12.0. The van der Waals surface area contributed by atoms with Gasteiger partial charge in [0, 0.05) is 55.6 Å². The Morgan fingerprint density at radius 2 is 2.16 bits per heavy atom. The van der Waals surface area contributed by atoms with Crippen LogP contribution in [0.3, 0.4) is 0 Å². The quantitative estimate of drug-likeness (QED) is 0.922. The fourth-order valence-electron chi connectivity index (χ4n) is 3.53. The van der Waals surface area contributed by atoms with Gasteiger partial charge in [0.15, 0.2) is 5.82 Å². The number of pyridine rings is 1. The van der Waals surface area contributed by atoms with E-state index in [1.165, 1.54) is 12.5 Å². The molecule has 4 rings (SSSR count). The van der Waals surface area contributed by atoms with E-state index < -0.39 is 0 Å². The zero-order chi connectivity index (χ0) is 17.6. The maximum atomic E-state index is 11.4. The van der Waals surface area contributed by atoms with Gasteiger partial charge in [-0.05, 0) is 19.8 Å². The summed E-state index contributed by atoms with van der Waals surface area (Å²) in [5.74, 6) is 1.98. The Bertz CT molecular complexity index is 847. The van der Waals surface area contributed by atoms with Crippen LogP contribution in [0, 0.1) is 6.92 Å². The fourth-order valence-corrected chi connectivity index (χ4v) is 3.53. The van der Waals surface area contributed by atoms with Crippen molar-refractivity contribution in [2.45, 2.75) is 38.7 Å². The van der Waals surface area contributed by atoms with Crippen molar-refractivity contribution in [2.24, 2.45) is 0 Å². The summed E-state index contributed by atoms with van der Waals surface area (Å²) < 4.78 is 5.19. The lowest BCUT2D eigenvalue weighted by Gasteiger charge is -2.20. The van der Waals surface area contributed by atoms with E-state index in [9.17, 15) is 4.79 Å². The maximum Gasteiger partial charge on any atom is 0.222 e. The molecule has 25 heavy (non-hydrogen) atoms. The second kappa shape index (κ2) is 5.77. The molecule has 1 spiro atoms. The Morgan fingerprint density at radius 3 is 2.84 bits per heavy atom. The topological polar surface area (TPSA) is 80.2 Å². The molecule has 7 nitrogen and oxygen atoms in total. The number of methoxy groups -OCH3 is 1. The number of fused-ring (bicyclic) bond motifs is 2. The average Bonchev–Trinajstić information content (AvgIpc) is 3.24. The van der Waals surface area contributed by atoms with Crippen LogP contribution in [0.5, 0.6) is 0 Å². The smallest absolute Gasteiger partial charge is 0.222 e. The van der Waals surface area contributed by atoms with E-state index in [0.717, 1.165) is 36.6 Å². The van der Waals surface area contributed by atoms with Crippen molar-refractivity contribution in [3.05, 3.63) is 35.4 Å². The minimum Gasteiger partial charge on any atom is -0.377 e. The standard InChI is InChI=1S/C18H21N5O2/c1-11-6-17(22-16(20-11)9-25-3)23-10-18(4-5-18)13-8-19-15(7-14(13)23)21-12(2)24/h6-8H,4-5,9-10H2,1-3H3,(H,19,21,24). The van der Waals surface area contributed by atoms with Crippen LogP contribution in [0.1, 0.15) is 36.8 Å². The zero-order valence-corrected chi connectivity index (χ0v) is 14.7. The Labute approximate surface area is 146 Å². The summed E-state index contributed by atoms with van der Waals surface area (Å²) in [6.45, 7) is 4.72. The highest BCUT2D eigenvalue weighted by molar-refractivity contribution is 5.89. The van der Waals surface area contributed by atoms with E-state index in [2.05, 4.69) is 25.2 Å². The van der Waals surface area contributed by atoms with E-state index in [1.54, 1.807) is 7.11 Å². The number of anilines is 3. The largest absolute Gasteiger partial charge is 0.377 e. The van der Waals surface area contributed by atoms with Crippen LogP contribution in [-0.4, -0.2) is 34.5 Å². The predicted octanol–water partition coefficient (Wildman–Crippen LogP) is 2.47. The van der Waals surface area contributed by atoms with Gasteiger partial charge in [-0.15, -0.1) is 0 Å². The number of hydrogen-bond acceptors (Lipinski definition) is 6.